The summed E-state index contributed by atoms with van der Waals surface area (Å²) < 4.78 is 8.01. The maximum Gasteiger partial charge on any atom is 0.129 e. The number of ether oxygens (including phenoxy) is 1. The van der Waals surface area contributed by atoms with E-state index in [2.05, 4.69) is 58.8 Å². The highest BCUT2D eigenvalue weighted by atomic mass is 16.5. The molecule has 148 valence electrons. The molecule has 0 aliphatic carbocycles. The SMILES string of the molecule is CN(c1ccc2c(c1)COc1cc(-n3cccn3)ccc1-2)C1CC2CCC(C1)N2. The predicted molar refractivity (Wildman–Crippen MR) is 115 cm³/mol. The first-order valence-corrected chi connectivity index (χ1v) is 10.6. The van der Waals surface area contributed by atoms with Crippen LogP contribution in [0.3, 0.4) is 0 Å². The summed E-state index contributed by atoms with van der Waals surface area (Å²) in [5, 5.41) is 8.07. The van der Waals surface area contributed by atoms with Gasteiger partial charge in [-0.3, -0.25) is 0 Å². The third kappa shape index (κ3) is 2.92. The monoisotopic (exact) mass is 386 g/mol. The molecule has 2 bridgehead atoms. The van der Waals surface area contributed by atoms with Crippen molar-refractivity contribution >= 4 is 5.69 Å². The highest BCUT2D eigenvalue weighted by Gasteiger charge is 2.35. The van der Waals surface area contributed by atoms with Crippen molar-refractivity contribution in [3.8, 4) is 22.6 Å². The van der Waals surface area contributed by atoms with Crippen molar-refractivity contribution in [2.45, 2.75) is 50.4 Å². The summed E-state index contributed by atoms with van der Waals surface area (Å²) in [6.07, 6.45) is 8.92. The Kier molecular flexibility index (Phi) is 3.91. The number of benzene rings is 2. The van der Waals surface area contributed by atoms with Gasteiger partial charge in [0, 0.05) is 54.9 Å². The Morgan fingerprint density at radius 1 is 1.07 bits per heavy atom. The van der Waals surface area contributed by atoms with E-state index in [0.29, 0.717) is 24.7 Å². The van der Waals surface area contributed by atoms with Crippen LogP contribution in [0.25, 0.3) is 16.8 Å². The zero-order valence-electron chi connectivity index (χ0n) is 16.7. The zero-order valence-corrected chi connectivity index (χ0v) is 16.7. The number of nitrogens with zero attached hydrogens (tertiary/aromatic N) is 3. The Morgan fingerprint density at radius 2 is 1.90 bits per heavy atom. The molecule has 5 heteroatoms. The average Bonchev–Trinajstić information content (AvgIpc) is 3.42. The van der Waals surface area contributed by atoms with E-state index in [1.165, 1.54) is 42.5 Å². The van der Waals surface area contributed by atoms with Crippen LogP contribution in [0.5, 0.6) is 5.75 Å². The lowest BCUT2D eigenvalue weighted by Gasteiger charge is -2.37. The van der Waals surface area contributed by atoms with Crippen LogP contribution < -0.4 is 15.0 Å². The minimum atomic E-state index is 0.615. The Morgan fingerprint density at radius 3 is 2.69 bits per heavy atom. The molecule has 2 unspecified atom stereocenters. The molecule has 3 aliphatic heterocycles. The average molecular weight is 386 g/mol. The van der Waals surface area contributed by atoms with Crippen LogP contribution in [0.4, 0.5) is 5.69 Å². The highest BCUT2D eigenvalue weighted by molar-refractivity contribution is 5.78. The van der Waals surface area contributed by atoms with E-state index in [1.807, 2.05) is 16.9 Å². The molecule has 3 aromatic rings. The van der Waals surface area contributed by atoms with Crippen LogP contribution in [0, 0.1) is 0 Å². The van der Waals surface area contributed by atoms with Crippen molar-refractivity contribution in [2.75, 3.05) is 11.9 Å². The number of hydrogen-bond donors (Lipinski definition) is 1. The molecule has 5 nitrogen and oxygen atoms in total. The topological polar surface area (TPSA) is 42.3 Å². The van der Waals surface area contributed by atoms with Gasteiger partial charge < -0.3 is 15.0 Å². The second-order valence-corrected chi connectivity index (χ2v) is 8.64. The first kappa shape index (κ1) is 17.1. The van der Waals surface area contributed by atoms with Gasteiger partial charge in [-0.2, -0.15) is 5.10 Å². The molecule has 1 N–H and O–H groups in total. The second-order valence-electron chi connectivity index (χ2n) is 8.64. The molecule has 3 aliphatic rings. The van der Waals surface area contributed by atoms with Crippen molar-refractivity contribution in [3.05, 3.63) is 60.4 Å². The molecular weight excluding hydrogens is 360 g/mol. The molecule has 1 aromatic heterocycles. The van der Waals surface area contributed by atoms with Crippen molar-refractivity contribution in [1.29, 1.82) is 0 Å². The minimum absolute atomic E-state index is 0.615. The van der Waals surface area contributed by atoms with E-state index in [4.69, 9.17) is 4.74 Å². The van der Waals surface area contributed by atoms with Crippen LogP contribution in [0.1, 0.15) is 31.2 Å². The quantitative estimate of drug-likeness (QED) is 0.734. The number of rotatable bonds is 3. The van der Waals surface area contributed by atoms with Crippen LogP contribution >= 0.6 is 0 Å². The zero-order chi connectivity index (χ0) is 19.4. The lowest BCUT2D eigenvalue weighted by Crippen LogP contribution is -2.47. The first-order valence-electron chi connectivity index (χ1n) is 10.6. The van der Waals surface area contributed by atoms with Gasteiger partial charge in [0.1, 0.15) is 12.4 Å². The smallest absolute Gasteiger partial charge is 0.129 e. The van der Waals surface area contributed by atoms with Gasteiger partial charge in [-0.25, -0.2) is 4.68 Å². The van der Waals surface area contributed by atoms with E-state index in [1.54, 1.807) is 6.20 Å². The number of aromatic nitrogens is 2. The van der Waals surface area contributed by atoms with E-state index in [-0.39, 0.29) is 0 Å². The normalized spacial score (nSPS) is 24.5. The molecule has 6 rings (SSSR count). The Bertz CT molecular complexity index is 1030. The number of fused-ring (bicyclic) bond motifs is 5. The van der Waals surface area contributed by atoms with Crippen molar-refractivity contribution in [1.82, 2.24) is 15.1 Å². The van der Waals surface area contributed by atoms with E-state index < -0.39 is 0 Å². The molecule has 0 amide bonds. The third-order valence-corrected chi connectivity index (χ3v) is 6.90. The molecule has 0 saturated carbocycles. The van der Waals surface area contributed by atoms with E-state index >= 15 is 0 Å². The number of nitrogens with one attached hydrogen (secondary N) is 1. The van der Waals surface area contributed by atoms with Crippen LogP contribution in [-0.2, 0) is 6.61 Å². The van der Waals surface area contributed by atoms with Gasteiger partial charge >= 0.3 is 0 Å². The van der Waals surface area contributed by atoms with Crippen molar-refractivity contribution in [3.63, 3.8) is 0 Å². The number of hydrogen-bond acceptors (Lipinski definition) is 4. The van der Waals surface area contributed by atoms with E-state index in [9.17, 15) is 0 Å². The summed E-state index contributed by atoms with van der Waals surface area (Å²) >= 11 is 0. The van der Waals surface area contributed by atoms with Crippen molar-refractivity contribution in [2.24, 2.45) is 0 Å². The van der Waals surface area contributed by atoms with Gasteiger partial charge in [-0.05, 0) is 67.1 Å². The summed E-state index contributed by atoms with van der Waals surface area (Å²) in [5.41, 5.74) is 6.03. The summed E-state index contributed by atoms with van der Waals surface area (Å²) in [6, 6.07) is 17.2. The standard InChI is InChI=1S/C24H26N4O/c1-27(21-12-17-3-4-18(13-21)26-17)19-5-7-22-16(11-19)15-29-24-14-20(6-8-23(22)24)28-10-2-9-25-28/h2,5-11,14,17-18,21,26H,3-4,12-13,15H2,1H3. The fourth-order valence-electron chi connectivity index (χ4n) is 5.31. The van der Waals surface area contributed by atoms with Gasteiger partial charge in [0.25, 0.3) is 0 Å². The molecule has 0 spiro atoms. The lowest BCUT2D eigenvalue weighted by atomic mass is 9.94. The minimum Gasteiger partial charge on any atom is -0.488 e. The van der Waals surface area contributed by atoms with Gasteiger partial charge in [-0.1, -0.05) is 6.07 Å². The van der Waals surface area contributed by atoms with Crippen LogP contribution in [0.15, 0.2) is 54.9 Å². The molecule has 2 aromatic carbocycles. The Hall–Kier alpha value is -2.79. The van der Waals surface area contributed by atoms with Gasteiger partial charge in [-0.15, -0.1) is 0 Å². The molecule has 2 fully saturated rings. The molecule has 0 radical (unpaired) electrons. The second kappa shape index (κ2) is 6.63. The highest BCUT2D eigenvalue weighted by Crippen LogP contribution is 2.40. The largest absolute Gasteiger partial charge is 0.488 e. The van der Waals surface area contributed by atoms with Crippen LogP contribution in [-0.4, -0.2) is 35.0 Å². The third-order valence-electron chi connectivity index (χ3n) is 6.90. The molecule has 2 atom stereocenters. The maximum atomic E-state index is 6.14. The number of piperidine rings is 1. The summed E-state index contributed by atoms with van der Waals surface area (Å²) in [4.78, 5) is 2.49. The fraction of sp³-hybridized carbons (Fsp3) is 0.375. The van der Waals surface area contributed by atoms with E-state index in [0.717, 1.165) is 17.0 Å². The first-order chi connectivity index (χ1) is 14.2. The Labute approximate surface area is 171 Å². The summed E-state index contributed by atoms with van der Waals surface area (Å²) in [6.45, 7) is 0.615. The predicted octanol–water partition coefficient (Wildman–Crippen LogP) is 4.15. The molecule has 4 heterocycles. The maximum absolute atomic E-state index is 6.14. The summed E-state index contributed by atoms with van der Waals surface area (Å²) in [5.74, 6) is 0.932. The van der Waals surface area contributed by atoms with Gasteiger partial charge in [0.05, 0.1) is 5.69 Å². The fourth-order valence-corrected chi connectivity index (χ4v) is 5.31. The molecular formula is C24H26N4O. The lowest BCUT2D eigenvalue weighted by molar-refractivity contribution is 0.302. The van der Waals surface area contributed by atoms with Gasteiger partial charge in [0.15, 0.2) is 0 Å². The molecule has 2 saturated heterocycles. The van der Waals surface area contributed by atoms with Crippen molar-refractivity contribution < 1.29 is 4.74 Å². The summed E-state index contributed by atoms with van der Waals surface area (Å²) in [7, 11) is 2.26. The number of anilines is 1. The van der Waals surface area contributed by atoms with Crippen LogP contribution in [0.2, 0.25) is 0 Å². The molecule has 29 heavy (non-hydrogen) atoms. The van der Waals surface area contributed by atoms with Gasteiger partial charge in [0.2, 0.25) is 0 Å². The Balaban J connectivity index is 1.29.